The Morgan fingerprint density at radius 3 is 1.23 bits per heavy atom. The summed E-state index contributed by atoms with van der Waals surface area (Å²) in [7, 11) is 1.56. The third-order valence-electron chi connectivity index (χ3n) is 12.9. The zero-order valence-electron chi connectivity index (χ0n) is 44.0. The van der Waals surface area contributed by atoms with E-state index >= 15 is 0 Å². The van der Waals surface area contributed by atoms with E-state index in [1.807, 2.05) is 27.2 Å². The summed E-state index contributed by atoms with van der Waals surface area (Å²) >= 11 is 0. The molecule has 0 radical (unpaired) electrons. The maximum absolute atomic E-state index is 12.9. The van der Waals surface area contributed by atoms with Crippen molar-refractivity contribution in [1.29, 1.82) is 0 Å². The number of hydrogen-bond acceptors (Lipinski definition) is 5. The molecule has 0 aliphatic heterocycles. The molecule has 0 saturated heterocycles. The normalized spacial score (nSPS) is 14.1. The zero-order valence-corrected chi connectivity index (χ0v) is 44.9. The van der Waals surface area contributed by atoms with Crippen LogP contribution in [0.2, 0.25) is 0 Å². The second-order valence-electron chi connectivity index (χ2n) is 20.7. The quantitative estimate of drug-likeness (QED) is 0.0243. The molecule has 3 N–H and O–H groups in total. The Morgan fingerprint density at radius 1 is 0.508 bits per heavy atom. The summed E-state index contributed by atoms with van der Waals surface area (Å²) in [6.07, 6.45) is 60.2. The summed E-state index contributed by atoms with van der Waals surface area (Å²) in [5.74, 6) is -0.183. The van der Waals surface area contributed by atoms with Crippen molar-refractivity contribution in [3.05, 3.63) is 24.3 Å². The van der Waals surface area contributed by atoms with Gasteiger partial charge in [0.05, 0.1) is 39.9 Å². The molecule has 0 heterocycles. The van der Waals surface area contributed by atoms with Crippen molar-refractivity contribution >= 4 is 13.7 Å². The molecule has 9 heteroatoms. The van der Waals surface area contributed by atoms with Crippen molar-refractivity contribution < 1.29 is 32.9 Å². The predicted molar refractivity (Wildman–Crippen MR) is 281 cm³/mol. The van der Waals surface area contributed by atoms with Crippen molar-refractivity contribution in [1.82, 2.24) is 5.32 Å². The number of hydrogen-bond donors (Lipinski definition) is 3. The minimum absolute atomic E-state index is 0.0583. The Morgan fingerprint density at radius 2 is 0.846 bits per heavy atom. The maximum Gasteiger partial charge on any atom is 0.472 e. The monoisotopic (exact) mass is 940 g/mol. The van der Waals surface area contributed by atoms with E-state index in [1.165, 1.54) is 218 Å². The number of carbonyl (C=O) groups is 1. The molecule has 8 nitrogen and oxygen atoms in total. The number of rotatable bonds is 52. The highest BCUT2D eigenvalue weighted by molar-refractivity contribution is 7.47. The molecule has 386 valence electrons. The van der Waals surface area contributed by atoms with E-state index in [-0.39, 0.29) is 19.1 Å². The van der Waals surface area contributed by atoms with Crippen molar-refractivity contribution in [3.8, 4) is 0 Å². The first-order valence-corrected chi connectivity index (χ1v) is 29.7. The number of phosphoric ester groups is 1. The lowest BCUT2D eigenvalue weighted by Gasteiger charge is -2.25. The van der Waals surface area contributed by atoms with Crippen LogP contribution in [0, 0.1) is 0 Å². The average Bonchev–Trinajstić information content (AvgIpc) is 3.26. The van der Waals surface area contributed by atoms with Crippen LogP contribution in [0.25, 0.3) is 0 Å². The van der Waals surface area contributed by atoms with Gasteiger partial charge in [-0.05, 0) is 32.1 Å². The Kier molecular flexibility index (Phi) is 47.3. The van der Waals surface area contributed by atoms with Crippen LogP contribution >= 0.6 is 7.82 Å². The van der Waals surface area contributed by atoms with Crippen LogP contribution in [-0.4, -0.2) is 73.4 Å². The van der Waals surface area contributed by atoms with E-state index < -0.39 is 20.0 Å². The van der Waals surface area contributed by atoms with Crippen LogP contribution < -0.4 is 5.32 Å². The smallest absolute Gasteiger partial charge is 0.387 e. The fourth-order valence-corrected chi connectivity index (χ4v) is 9.21. The average molecular weight is 940 g/mol. The molecule has 0 saturated carbocycles. The number of allylic oxidation sites excluding steroid dienone is 3. The SMILES string of the molecule is CCCCCCC/C=C/CC/C=C/C(O)C(COP(=O)(O)OCC[N+](C)(C)C)NC(=O)CCCCCCCCCCCCCCCCCCCCCCCCCCCCCCCCCC. The highest BCUT2D eigenvalue weighted by Crippen LogP contribution is 2.43. The van der Waals surface area contributed by atoms with Crippen LogP contribution in [-0.2, 0) is 18.4 Å². The number of aliphatic hydroxyl groups is 1. The lowest BCUT2D eigenvalue weighted by molar-refractivity contribution is -0.870. The standard InChI is InChI=1S/C56H111N2O6P/c1-6-8-10-12-14-16-18-19-20-21-22-23-24-25-26-27-28-29-30-31-32-33-34-35-36-37-38-40-42-44-46-48-50-56(60)57-54(53-64-65(61,62)63-52-51-58(3,4)5)55(59)49-47-45-43-41-39-17-15-13-11-9-7-2/h39,41,47,49,54-55,59H,6-38,40,42-46,48,50-53H2,1-5H3,(H-,57,60,61,62)/p+1/b41-39+,49-47+. The summed E-state index contributed by atoms with van der Waals surface area (Å²) in [5, 5.41) is 13.8. The third-order valence-corrected chi connectivity index (χ3v) is 13.9. The van der Waals surface area contributed by atoms with E-state index in [2.05, 4.69) is 31.3 Å². The van der Waals surface area contributed by atoms with Crippen LogP contribution in [0.15, 0.2) is 24.3 Å². The number of nitrogens with zero attached hydrogens (tertiary/aromatic N) is 1. The Bertz CT molecular complexity index is 1110. The van der Waals surface area contributed by atoms with E-state index in [0.29, 0.717) is 17.4 Å². The van der Waals surface area contributed by atoms with Crippen LogP contribution in [0.4, 0.5) is 0 Å². The van der Waals surface area contributed by atoms with Crippen molar-refractivity contribution in [2.24, 2.45) is 0 Å². The van der Waals surface area contributed by atoms with Gasteiger partial charge in [-0.25, -0.2) is 4.57 Å². The molecule has 3 unspecified atom stereocenters. The number of amides is 1. The van der Waals surface area contributed by atoms with E-state index in [0.717, 1.165) is 38.5 Å². The lowest BCUT2D eigenvalue weighted by atomic mass is 10.0. The highest BCUT2D eigenvalue weighted by Gasteiger charge is 2.27. The van der Waals surface area contributed by atoms with Gasteiger partial charge < -0.3 is 19.8 Å². The Hall–Kier alpha value is -1.02. The molecule has 0 aromatic rings. The lowest BCUT2D eigenvalue weighted by Crippen LogP contribution is -2.45. The van der Waals surface area contributed by atoms with Gasteiger partial charge in [0.25, 0.3) is 0 Å². The van der Waals surface area contributed by atoms with Gasteiger partial charge in [-0.15, -0.1) is 0 Å². The van der Waals surface area contributed by atoms with E-state index in [9.17, 15) is 19.4 Å². The number of likely N-dealkylation sites (N-methyl/N-ethyl adjacent to an activating group) is 1. The summed E-state index contributed by atoms with van der Waals surface area (Å²) in [5.41, 5.74) is 0. The zero-order chi connectivity index (χ0) is 47.8. The molecule has 3 atom stereocenters. The first kappa shape index (κ1) is 64.0. The molecule has 65 heavy (non-hydrogen) atoms. The molecule has 0 spiro atoms. The van der Waals surface area contributed by atoms with Gasteiger partial charge in [0.2, 0.25) is 5.91 Å². The fraction of sp³-hybridized carbons (Fsp3) is 0.911. The van der Waals surface area contributed by atoms with Crippen molar-refractivity contribution in [2.45, 2.75) is 289 Å². The van der Waals surface area contributed by atoms with E-state index in [4.69, 9.17) is 9.05 Å². The van der Waals surface area contributed by atoms with Crippen molar-refractivity contribution in [3.63, 3.8) is 0 Å². The summed E-state index contributed by atoms with van der Waals surface area (Å²) in [6, 6.07) is -0.858. The number of unbranched alkanes of at least 4 members (excludes halogenated alkanes) is 37. The van der Waals surface area contributed by atoms with Gasteiger partial charge in [0.1, 0.15) is 13.2 Å². The molecule has 0 aromatic heterocycles. The second-order valence-corrected chi connectivity index (χ2v) is 22.1. The molecule has 0 aliphatic carbocycles. The molecule has 1 amide bonds. The molecule has 0 fully saturated rings. The topological polar surface area (TPSA) is 105 Å². The van der Waals surface area contributed by atoms with Gasteiger partial charge in [-0.3, -0.25) is 13.8 Å². The number of nitrogens with one attached hydrogen (secondary N) is 1. The first-order chi connectivity index (χ1) is 31.5. The number of carbonyl (C=O) groups excluding carboxylic acids is 1. The number of quaternary nitrogens is 1. The second kappa shape index (κ2) is 48.0. The van der Waals surface area contributed by atoms with Gasteiger partial charge in [-0.2, -0.15) is 0 Å². The number of aliphatic hydroxyl groups excluding tert-OH is 1. The van der Waals surface area contributed by atoms with Crippen LogP contribution in [0.3, 0.4) is 0 Å². The molecule has 0 rings (SSSR count). The van der Waals surface area contributed by atoms with Gasteiger partial charge in [0.15, 0.2) is 0 Å². The Balaban J connectivity index is 3.95. The van der Waals surface area contributed by atoms with Crippen LogP contribution in [0.5, 0.6) is 0 Å². The minimum Gasteiger partial charge on any atom is -0.387 e. The van der Waals surface area contributed by atoms with Crippen molar-refractivity contribution in [2.75, 3.05) is 40.9 Å². The van der Waals surface area contributed by atoms with E-state index in [1.54, 1.807) is 6.08 Å². The summed E-state index contributed by atoms with van der Waals surface area (Å²) in [6.45, 7) is 4.80. The first-order valence-electron chi connectivity index (χ1n) is 28.2. The highest BCUT2D eigenvalue weighted by atomic mass is 31.2. The summed E-state index contributed by atoms with van der Waals surface area (Å²) in [4.78, 5) is 23.2. The van der Waals surface area contributed by atoms with Gasteiger partial charge in [-0.1, -0.05) is 263 Å². The summed E-state index contributed by atoms with van der Waals surface area (Å²) < 4.78 is 23.6. The minimum atomic E-state index is -4.34. The molecule has 0 aromatic carbocycles. The predicted octanol–water partition coefficient (Wildman–Crippen LogP) is 16.8. The molecule has 0 aliphatic rings. The molecule has 0 bridgehead atoms. The fourth-order valence-electron chi connectivity index (χ4n) is 8.47. The molecular weight excluding hydrogens is 828 g/mol. The van der Waals surface area contributed by atoms with Crippen LogP contribution in [0.1, 0.15) is 277 Å². The van der Waals surface area contributed by atoms with Gasteiger partial charge in [0, 0.05) is 6.42 Å². The third kappa shape index (κ3) is 50.7. The van der Waals surface area contributed by atoms with Gasteiger partial charge >= 0.3 is 7.82 Å². The molecular formula is C56H112N2O6P+. The Labute approximate surface area is 404 Å². The maximum atomic E-state index is 12.9. The number of phosphoric acid groups is 1. The largest absolute Gasteiger partial charge is 0.472 e.